The lowest BCUT2D eigenvalue weighted by Gasteiger charge is -2.11. The molecule has 0 fully saturated rings. The van der Waals surface area contributed by atoms with Crippen molar-refractivity contribution >= 4 is 46.4 Å². The maximum absolute atomic E-state index is 6.19. The van der Waals surface area contributed by atoms with Crippen LogP contribution < -0.4 is 0 Å². The van der Waals surface area contributed by atoms with Crippen molar-refractivity contribution in [3.8, 4) is 11.1 Å². The maximum Gasteiger partial charge on any atom is 0.0607 e. The molecule has 0 heterocycles. The van der Waals surface area contributed by atoms with E-state index in [4.69, 9.17) is 46.4 Å². The highest BCUT2D eigenvalue weighted by Gasteiger charge is 2.12. The molecule has 0 spiro atoms. The van der Waals surface area contributed by atoms with Crippen molar-refractivity contribution in [3.63, 3.8) is 0 Å². The minimum absolute atomic E-state index is 0.435. The van der Waals surface area contributed by atoms with Crippen LogP contribution in [0.25, 0.3) is 11.1 Å². The van der Waals surface area contributed by atoms with Crippen LogP contribution in [-0.4, -0.2) is 0 Å². The predicted molar refractivity (Wildman–Crippen MR) is 76.7 cm³/mol. The van der Waals surface area contributed by atoms with Gasteiger partial charge >= 0.3 is 0 Å². The number of rotatable bonds is 1. The molecule has 2 rings (SSSR count). The highest BCUT2D eigenvalue weighted by Crippen LogP contribution is 2.39. The lowest BCUT2D eigenvalue weighted by atomic mass is 10.0. The molecule has 0 nitrogen and oxygen atoms in total. The SMILES string of the molecule is Cc1cccc(Cl)c1-c1cc(Cl)c(Cl)cc1Cl. The summed E-state index contributed by atoms with van der Waals surface area (Å²) >= 11 is 24.3. The third-order valence-electron chi connectivity index (χ3n) is 2.50. The summed E-state index contributed by atoms with van der Waals surface area (Å²) in [5.41, 5.74) is 2.72. The average Bonchev–Trinajstić information content (AvgIpc) is 2.25. The van der Waals surface area contributed by atoms with E-state index in [-0.39, 0.29) is 0 Å². The lowest BCUT2D eigenvalue weighted by Crippen LogP contribution is -1.87. The first-order valence-electron chi connectivity index (χ1n) is 4.90. The van der Waals surface area contributed by atoms with Crippen LogP contribution in [0.2, 0.25) is 20.1 Å². The molecule has 4 heteroatoms. The zero-order valence-electron chi connectivity index (χ0n) is 8.90. The molecule has 2 aromatic rings. The summed E-state index contributed by atoms with van der Waals surface area (Å²) in [4.78, 5) is 0. The Bertz CT molecular complexity index is 556. The van der Waals surface area contributed by atoms with Gasteiger partial charge < -0.3 is 0 Å². The number of benzene rings is 2. The molecule has 0 aliphatic carbocycles. The van der Waals surface area contributed by atoms with Crippen molar-refractivity contribution < 1.29 is 0 Å². The topological polar surface area (TPSA) is 0 Å². The van der Waals surface area contributed by atoms with E-state index in [1.54, 1.807) is 12.1 Å². The van der Waals surface area contributed by atoms with E-state index in [2.05, 4.69) is 0 Å². The third kappa shape index (κ3) is 2.56. The molecular weight excluding hydrogens is 298 g/mol. The molecule has 88 valence electrons. The van der Waals surface area contributed by atoms with E-state index in [1.165, 1.54) is 0 Å². The Kier molecular flexibility index (Phi) is 3.89. The summed E-state index contributed by atoms with van der Waals surface area (Å²) in [6.45, 7) is 1.97. The molecule has 0 atom stereocenters. The first-order chi connectivity index (χ1) is 8.00. The molecule has 0 aromatic heterocycles. The zero-order chi connectivity index (χ0) is 12.6. The predicted octanol–water partition coefficient (Wildman–Crippen LogP) is 6.28. The van der Waals surface area contributed by atoms with E-state index < -0.39 is 0 Å². The fraction of sp³-hybridized carbons (Fsp3) is 0.0769. The van der Waals surface area contributed by atoms with Gasteiger partial charge in [0.15, 0.2) is 0 Å². The fourth-order valence-electron chi connectivity index (χ4n) is 1.69. The number of hydrogen-bond donors (Lipinski definition) is 0. The van der Waals surface area contributed by atoms with Crippen LogP contribution in [0.1, 0.15) is 5.56 Å². The van der Waals surface area contributed by atoms with E-state index in [9.17, 15) is 0 Å². The second-order valence-corrected chi connectivity index (χ2v) is 5.31. The van der Waals surface area contributed by atoms with Gasteiger partial charge in [0.1, 0.15) is 0 Å². The largest absolute Gasteiger partial charge is 0.0837 e. The quantitative estimate of drug-likeness (QED) is 0.544. The first kappa shape index (κ1) is 13.0. The van der Waals surface area contributed by atoms with Gasteiger partial charge in [-0.1, -0.05) is 58.5 Å². The summed E-state index contributed by atoms with van der Waals surface area (Å²) in [6, 6.07) is 9.05. The first-order valence-corrected chi connectivity index (χ1v) is 6.42. The number of halogens is 4. The molecule has 0 aliphatic rings. The number of hydrogen-bond acceptors (Lipinski definition) is 0. The summed E-state index contributed by atoms with van der Waals surface area (Å²) < 4.78 is 0. The zero-order valence-corrected chi connectivity index (χ0v) is 11.9. The standard InChI is InChI=1S/C13H8Cl4/c1-7-3-2-4-9(14)13(7)8-5-11(16)12(17)6-10(8)15/h2-6H,1H3. The van der Waals surface area contributed by atoms with Gasteiger partial charge in [-0.3, -0.25) is 0 Å². The Morgan fingerprint density at radius 3 is 2.06 bits per heavy atom. The summed E-state index contributed by atoms with van der Waals surface area (Å²) in [7, 11) is 0. The molecule has 0 saturated heterocycles. The molecule has 0 bridgehead atoms. The van der Waals surface area contributed by atoms with Gasteiger partial charge in [-0.15, -0.1) is 0 Å². The van der Waals surface area contributed by atoms with Crippen LogP contribution in [0, 0.1) is 6.92 Å². The van der Waals surface area contributed by atoms with Crippen molar-refractivity contribution in [2.75, 3.05) is 0 Å². The normalized spacial score (nSPS) is 10.6. The smallest absolute Gasteiger partial charge is 0.0607 e. The molecule has 0 N–H and O–H groups in total. The monoisotopic (exact) mass is 304 g/mol. The van der Waals surface area contributed by atoms with E-state index >= 15 is 0 Å². The number of aryl methyl sites for hydroxylation is 1. The van der Waals surface area contributed by atoms with Gasteiger partial charge in [0, 0.05) is 16.1 Å². The Morgan fingerprint density at radius 2 is 1.41 bits per heavy atom. The van der Waals surface area contributed by atoms with Gasteiger partial charge in [0.25, 0.3) is 0 Å². The highest BCUT2D eigenvalue weighted by molar-refractivity contribution is 6.44. The Hall–Kier alpha value is -0.400. The Morgan fingerprint density at radius 1 is 0.765 bits per heavy atom. The van der Waals surface area contributed by atoms with Gasteiger partial charge in [0.05, 0.1) is 15.1 Å². The van der Waals surface area contributed by atoms with Gasteiger partial charge in [-0.2, -0.15) is 0 Å². The second kappa shape index (κ2) is 5.07. The van der Waals surface area contributed by atoms with Crippen LogP contribution in [0.15, 0.2) is 30.3 Å². The second-order valence-electron chi connectivity index (χ2n) is 3.68. The molecule has 0 radical (unpaired) electrons. The third-order valence-corrected chi connectivity index (χ3v) is 3.85. The van der Waals surface area contributed by atoms with E-state index in [0.29, 0.717) is 20.1 Å². The summed E-state index contributed by atoms with van der Waals surface area (Å²) in [5, 5.41) is 2.08. The van der Waals surface area contributed by atoms with E-state index in [1.807, 2.05) is 25.1 Å². The van der Waals surface area contributed by atoms with Crippen LogP contribution in [0.5, 0.6) is 0 Å². The molecular formula is C13H8Cl4. The average molecular weight is 306 g/mol. The van der Waals surface area contributed by atoms with Crippen molar-refractivity contribution in [3.05, 3.63) is 56.0 Å². The minimum atomic E-state index is 0.435. The van der Waals surface area contributed by atoms with Crippen molar-refractivity contribution in [2.24, 2.45) is 0 Å². The van der Waals surface area contributed by atoms with Crippen LogP contribution in [0.4, 0.5) is 0 Å². The van der Waals surface area contributed by atoms with Crippen LogP contribution >= 0.6 is 46.4 Å². The molecule has 17 heavy (non-hydrogen) atoms. The minimum Gasteiger partial charge on any atom is -0.0837 e. The Balaban J connectivity index is 2.73. The summed E-state index contributed by atoms with van der Waals surface area (Å²) in [6.07, 6.45) is 0. The molecule has 0 unspecified atom stereocenters. The van der Waals surface area contributed by atoms with Crippen LogP contribution in [-0.2, 0) is 0 Å². The molecule has 0 saturated carbocycles. The molecule has 0 amide bonds. The molecule has 0 aliphatic heterocycles. The van der Waals surface area contributed by atoms with Gasteiger partial charge in [0.2, 0.25) is 0 Å². The maximum atomic E-state index is 6.19. The lowest BCUT2D eigenvalue weighted by molar-refractivity contribution is 1.46. The molecule has 2 aromatic carbocycles. The van der Waals surface area contributed by atoms with Crippen LogP contribution in [0.3, 0.4) is 0 Å². The van der Waals surface area contributed by atoms with Gasteiger partial charge in [-0.05, 0) is 30.7 Å². The summed E-state index contributed by atoms with van der Waals surface area (Å²) in [5.74, 6) is 0. The Labute approximate surface area is 120 Å². The van der Waals surface area contributed by atoms with E-state index in [0.717, 1.165) is 16.7 Å². The highest BCUT2D eigenvalue weighted by atomic mass is 35.5. The van der Waals surface area contributed by atoms with Crippen molar-refractivity contribution in [1.82, 2.24) is 0 Å². The van der Waals surface area contributed by atoms with Gasteiger partial charge in [-0.25, -0.2) is 0 Å². The van der Waals surface area contributed by atoms with Crippen molar-refractivity contribution in [2.45, 2.75) is 6.92 Å². The fourth-order valence-corrected chi connectivity index (χ4v) is 2.65. The van der Waals surface area contributed by atoms with Crippen molar-refractivity contribution in [1.29, 1.82) is 0 Å².